The molecule has 42 nitrogen and oxygen atoms in total. The standard InChI is InChI=1S/C99H126ClN17O25S3/c1-97(2)73-54-68(100)58-114(45-13-49-144(137,138)139)91(73)111-81(97)34-24-62(25-35-82-98(3,4)72-19-6-7-21-77(72)116(82)47-14-50-145(140,141)142)63-16-10-15-61(51-63)23-36-84(123)106-44-48-117-88(127)57-80(94(117)134)143-60-65(95(135)136)53-79(121)75(55-89(128)129)109-92(132)64(17-12-41-107-96(102)103)52-78(120)76(56-90(130)131)110-93(133)74(20-8-9-46-115-59-69(112-113-115)18-11-22-83(101)122)108-87(126)39-43-105-86(125)38-42-104-85(124)37-40-99(5,66-26-30-70(118)31-27-66)67-28-32-71(119)33-29-67/h6-7,10,15-16,19,21,24-35,51,54,58-59,64-65,74-76,80H,8-9,11-14,17-18,20,22-23,36-50,52-53,55-57,60H2,1-5H3,(H18-,101,102,103,104,105,106,107,108,109,110,118,119,122,123,124,125,126,128,129,130,131,132,133,135,136,137,138,139,140,141,142)/p+1/t64-,65+,74+,75+,76+,80?/m1/s1. The Balaban J connectivity index is 0.808. The summed E-state index contributed by atoms with van der Waals surface area (Å²) < 4.78 is 69.7. The number of aliphatic imine (C=N–C) groups is 1. The van der Waals surface area contributed by atoms with E-state index in [-0.39, 0.29) is 140 Å². The van der Waals surface area contributed by atoms with E-state index in [1.54, 1.807) is 47.3 Å². The summed E-state index contributed by atoms with van der Waals surface area (Å²) in [5.41, 5.74) is 17.0. The zero-order valence-electron chi connectivity index (χ0n) is 81.2. The summed E-state index contributed by atoms with van der Waals surface area (Å²) in [6.07, 6.45) is 7.37. The topological polar surface area (TPSA) is 662 Å². The molecule has 1 unspecified atom stereocenters. The lowest BCUT2D eigenvalue weighted by atomic mass is 9.73. The molecule has 0 aliphatic carbocycles. The Morgan fingerprint density at radius 3 is 1.86 bits per heavy atom. The first kappa shape index (κ1) is 115. The van der Waals surface area contributed by atoms with Crippen molar-refractivity contribution in [2.45, 2.75) is 222 Å². The summed E-state index contributed by atoms with van der Waals surface area (Å²) in [6, 6.07) is 24.6. The maximum Gasteiger partial charge on any atom is 0.327 e. The van der Waals surface area contributed by atoms with Gasteiger partial charge in [0.05, 0.1) is 75.8 Å². The molecule has 0 radical (unpaired) electrons. The fourth-order valence-corrected chi connectivity index (χ4v) is 19.8. The fourth-order valence-electron chi connectivity index (χ4n) is 17.3. The molecule has 6 atom stereocenters. The lowest BCUT2D eigenvalue weighted by Gasteiger charge is -2.31. The second kappa shape index (κ2) is 53.3. The highest BCUT2D eigenvalue weighted by Gasteiger charge is 2.45. The molecule has 6 aromatic rings. The van der Waals surface area contributed by atoms with Crippen molar-refractivity contribution in [1.29, 1.82) is 5.41 Å². The minimum Gasteiger partial charge on any atom is -0.508 e. The van der Waals surface area contributed by atoms with Crippen molar-refractivity contribution in [1.82, 2.24) is 57.1 Å². The van der Waals surface area contributed by atoms with Crippen molar-refractivity contribution in [2.24, 2.45) is 28.3 Å². The number of primary amides is 1. The Kier molecular flexibility index (Phi) is 42.2. The molecule has 1 saturated heterocycles. The molecule has 0 spiro atoms. The van der Waals surface area contributed by atoms with Crippen molar-refractivity contribution < 1.29 is 123 Å². The van der Waals surface area contributed by atoms with Crippen LogP contribution in [0.4, 0.5) is 11.5 Å². The molecular weight excluding hydrogens is 1960 g/mol. The number of phenolic OH excluding ortho intramolecular Hbond substituents is 2. The van der Waals surface area contributed by atoms with Gasteiger partial charge in [-0.05, 0) is 165 Å². The minimum absolute atomic E-state index is 0.0137. The van der Waals surface area contributed by atoms with Crippen LogP contribution in [0, 0.1) is 17.2 Å². The smallest absolute Gasteiger partial charge is 0.327 e. The van der Waals surface area contributed by atoms with Gasteiger partial charge in [-0.25, -0.2) is 4.57 Å². The van der Waals surface area contributed by atoms with E-state index in [2.05, 4.69) is 47.5 Å². The quantitative estimate of drug-likeness (QED) is 0.00386. The summed E-state index contributed by atoms with van der Waals surface area (Å²) in [5, 5.41) is 83.7. The van der Waals surface area contributed by atoms with Crippen LogP contribution in [-0.4, -0.2) is 246 Å². The molecular formula is C99H127ClN17O25S3+. The number of carbonyl (C=O) groups excluding carboxylic acids is 11. The van der Waals surface area contributed by atoms with Crippen LogP contribution >= 0.6 is 23.4 Å². The first-order valence-corrected chi connectivity index (χ1v) is 52.1. The number of ketones is 2. The number of nitrogens with one attached hydrogen (secondary N) is 8. The van der Waals surface area contributed by atoms with Crippen LogP contribution in [0.25, 0.3) is 5.57 Å². The van der Waals surface area contributed by atoms with Crippen LogP contribution in [0.3, 0.4) is 0 Å². The number of hydrogen-bond donors (Lipinski definition) is 17. The minimum atomic E-state index is -4.29. The number of rotatable bonds is 61. The van der Waals surface area contributed by atoms with Crippen LogP contribution < -0.4 is 58.2 Å². The third-order valence-electron chi connectivity index (χ3n) is 25.4. The number of amides is 9. The van der Waals surface area contributed by atoms with Gasteiger partial charge in [0.25, 0.3) is 20.2 Å². The second-order valence-corrected chi connectivity index (χ2v) is 42.0. The predicted octanol–water partition coefficient (Wildman–Crippen LogP) is 6.16. The van der Waals surface area contributed by atoms with Crippen molar-refractivity contribution >= 4 is 155 Å². The number of guanidine groups is 1. The number of aromatic nitrogens is 4. The van der Waals surface area contributed by atoms with Gasteiger partial charge in [0.1, 0.15) is 23.7 Å². The van der Waals surface area contributed by atoms with E-state index in [1.807, 2.05) is 112 Å². The number of aromatic hydroxyl groups is 2. The Hall–Kier alpha value is -13.6. The summed E-state index contributed by atoms with van der Waals surface area (Å²) in [5.74, 6) is -17.9. The van der Waals surface area contributed by atoms with E-state index >= 15 is 0 Å². The molecule has 0 saturated carbocycles. The molecule has 3 aliphatic rings. The van der Waals surface area contributed by atoms with E-state index in [1.165, 1.54) is 28.9 Å². The van der Waals surface area contributed by atoms with Gasteiger partial charge >= 0.3 is 23.7 Å². The molecule has 2 aromatic heterocycles. The average Bonchev–Trinajstić information content (AvgIpc) is 1.58. The highest BCUT2D eigenvalue weighted by molar-refractivity contribution is 8.00. The van der Waals surface area contributed by atoms with E-state index in [0.717, 1.165) is 55.9 Å². The second-order valence-electron chi connectivity index (χ2n) is 37.2. The number of thioether (sulfide) groups is 1. The summed E-state index contributed by atoms with van der Waals surface area (Å²) in [4.78, 5) is 196. The van der Waals surface area contributed by atoms with E-state index in [4.69, 9.17) is 33.5 Å². The van der Waals surface area contributed by atoms with Crippen molar-refractivity contribution in [3.05, 3.63) is 190 Å². The van der Waals surface area contributed by atoms with Crippen LogP contribution in [0.15, 0.2) is 151 Å². The Labute approximate surface area is 848 Å². The molecule has 1 fully saturated rings. The summed E-state index contributed by atoms with van der Waals surface area (Å²) >= 11 is 7.37. The summed E-state index contributed by atoms with van der Waals surface area (Å²) in [7, 11) is -8.55. The van der Waals surface area contributed by atoms with Crippen molar-refractivity contribution in [3.8, 4) is 11.5 Å². The maximum atomic E-state index is 14.5. The number of para-hydroxylation sites is 1. The number of fused-ring (bicyclic) bond motifs is 2. The Bertz CT molecular complexity index is 6080. The van der Waals surface area contributed by atoms with Crippen LogP contribution in [0.5, 0.6) is 11.5 Å². The van der Waals surface area contributed by atoms with Crippen LogP contribution in [0.1, 0.15) is 196 Å². The molecule has 9 amide bonds. The first-order chi connectivity index (χ1) is 68.5. The molecule has 782 valence electrons. The maximum absolute atomic E-state index is 14.5. The van der Waals surface area contributed by atoms with E-state index in [0.29, 0.717) is 59.1 Å². The number of allylic oxidation sites excluding steroid dienone is 6. The third-order valence-corrected chi connectivity index (χ3v) is 28.5. The first-order valence-electron chi connectivity index (χ1n) is 47.5. The number of carboxylic acids is 3. The molecule has 0 bridgehead atoms. The van der Waals surface area contributed by atoms with Gasteiger partial charge in [-0.3, -0.25) is 91.2 Å². The van der Waals surface area contributed by atoms with E-state index < -0.39 is 210 Å². The van der Waals surface area contributed by atoms with Gasteiger partial charge < -0.3 is 79.1 Å². The molecule has 145 heavy (non-hydrogen) atoms. The highest BCUT2D eigenvalue weighted by atomic mass is 35.5. The average molecular weight is 2090 g/mol. The van der Waals surface area contributed by atoms with Crippen LogP contribution in [0.2, 0.25) is 5.02 Å². The van der Waals surface area contributed by atoms with Gasteiger partial charge in [0.2, 0.25) is 53.2 Å². The number of nitrogens with zero attached hydrogens (tertiary/aromatic N) is 7. The molecule has 5 heterocycles. The number of likely N-dealkylation sites (tertiary alicyclic amines) is 1. The number of halogens is 1. The zero-order chi connectivity index (χ0) is 106. The number of carbonyl (C=O) groups is 14. The molecule has 19 N–H and O–H groups in total. The van der Waals surface area contributed by atoms with Gasteiger partial charge in [-0.2, -0.15) is 16.8 Å². The number of hydrogen-bond acceptors (Lipinski definition) is 26. The molecule has 3 aliphatic heterocycles. The fraction of sp³-hybridized carbons (Fsp3) is 0.465. The third kappa shape index (κ3) is 35.4. The Morgan fingerprint density at radius 1 is 0.621 bits per heavy atom. The van der Waals surface area contributed by atoms with Crippen molar-refractivity contribution in [2.75, 3.05) is 61.4 Å². The summed E-state index contributed by atoms with van der Waals surface area (Å²) in [6.45, 7) is 9.66. The molecule has 46 heteroatoms. The number of pyridine rings is 1. The number of phenols is 2. The predicted molar refractivity (Wildman–Crippen MR) is 538 cm³/mol. The number of aryl methyl sites for hydroxylation is 4. The zero-order valence-corrected chi connectivity index (χ0v) is 84.4. The Morgan fingerprint density at radius 2 is 1.23 bits per heavy atom. The number of nitrogens with two attached hydrogens (primary N) is 2. The van der Waals surface area contributed by atoms with Gasteiger partial charge in [-0.15, -0.1) is 16.9 Å². The number of aliphatic carboxylic acids is 3. The van der Waals surface area contributed by atoms with Gasteiger partial charge in [0.15, 0.2) is 23.2 Å². The van der Waals surface area contributed by atoms with Gasteiger partial charge in [0, 0.05) is 144 Å². The number of unbranched alkanes of at least 4 members (excludes halogenated alkanes) is 1. The largest absolute Gasteiger partial charge is 0.508 e. The highest BCUT2D eigenvalue weighted by Crippen LogP contribution is 2.48. The lowest BCUT2D eigenvalue weighted by molar-refractivity contribution is -0.684. The normalized spacial score (nSPS) is 15.7. The lowest BCUT2D eigenvalue weighted by Crippen LogP contribution is -2.53. The number of benzene rings is 4. The number of imide groups is 1. The number of carboxylic acid groups (broad SMARTS) is 3. The number of Topliss-reactive ketones (excluding diaryl/α,β-unsaturated/α-hetero) is 2. The van der Waals surface area contributed by atoms with Crippen LogP contribution in [-0.2, 0) is 130 Å². The number of anilines is 1. The van der Waals surface area contributed by atoms with Crippen molar-refractivity contribution in [3.63, 3.8) is 0 Å². The van der Waals surface area contributed by atoms with Gasteiger partial charge in [-0.1, -0.05) is 116 Å². The SMILES string of the molecule is CC1(C)C(/C=C/C(=C/C=C2\N(CCCS(=O)(=O)O)c3ccccc3C2(C)C)c2cccc(CCC(=O)NCCN3C(=O)CC(SC[C@H](CC(=O)[C@H](CC(=O)O)NC(=O)[C@H](CCCNC(=N)N)CC(=O)[C@H](CC(=O)O)NC(=O)[C@H](CCCCn4cc(CCCC(N)=O)nn4)NC(=O)CCNC(=O)CCNC(=O)CCC(C)(c4ccc(O)cc4)c4ccc(O)cc4)C(=O)O)C3=O)c2)=Nc2c1cc(Cl)c[n+]2CCCS(=O)(=O)O. The molecule has 9 rings (SSSR count). The monoisotopic (exact) mass is 2080 g/mol. The van der Waals surface area contributed by atoms with E-state index in [9.17, 15) is 119 Å². The molecule has 4 aromatic carbocycles.